The van der Waals surface area contributed by atoms with Crippen molar-refractivity contribution in [2.45, 2.75) is 33.4 Å². The Labute approximate surface area is 126 Å². The fraction of sp³-hybridized carbons (Fsp3) is 0.278. The molecular weight excluding hydrogens is 260 g/mol. The molecule has 0 aliphatic carbocycles. The van der Waals surface area contributed by atoms with Crippen LogP contribution in [-0.4, -0.2) is 16.8 Å². The number of carbonyl (C=O) groups excluding carboxylic acids is 1. The number of hydrogen-bond acceptors (Lipinski definition) is 2. The van der Waals surface area contributed by atoms with E-state index in [2.05, 4.69) is 0 Å². The maximum atomic E-state index is 12.8. The van der Waals surface area contributed by atoms with Gasteiger partial charge in [0.25, 0.3) is 5.91 Å². The van der Waals surface area contributed by atoms with Gasteiger partial charge >= 0.3 is 0 Å². The van der Waals surface area contributed by atoms with Crippen LogP contribution < -0.4 is 5.73 Å². The van der Waals surface area contributed by atoms with Crippen molar-refractivity contribution in [3.05, 3.63) is 65.2 Å². The van der Waals surface area contributed by atoms with Crippen LogP contribution in [0.25, 0.3) is 0 Å². The summed E-state index contributed by atoms with van der Waals surface area (Å²) in [5.74, 6) is -0.0185. The Morgan fingerprint density at radius 1 is 1.14 bits per heavy atom. The lowest BCUT2D eigenvalue weighted by molar-refractivity contribution is 0.0691. The van der Waals surface area contributed by atoms with Crippen LogP contribution in [0.5, 0.6) is 0 Å². The average molecular weight is 282 g/mol. The van der Waals surface area contributed by atoms with Crippen molar-refractivity contribution in [2.24, 2.45) is 0 Å². The van der Waals surface area contributed by atoms with E-state index in [0.717, 1.165) is 11.1 Å². The molecule has 0 unspecified atom stereocenters. The zero-order valence-corrected chi connectivity index (χ0v) is 12.8. The van der Waals surface area contributed by atoms with Crippen LogP contribution in [-0.2, 0) is 6.54 Å². The summed E-state index contributed by atoms with van der Waals surface area (Å²) in [6.45, 7) is 6.59. The van der Waals surface area contributed by atoms with E-state index in [4.69, 9.17) is 5.73 Å². The molecule has 0 atom stereocenters. The van der Waals surface area contributed by atoms with Gasteiger partial charge in [-0.2, -0.15) is 0 Å². The monoisotopic (exact) mass is 282 g/mol. The molecular formula is C18H22N2O. The highest BCUT2D eigenvalue weighted by molar-refractivity contribution is 5.99. The van der Waals surface area contributed by atoms with Crippen molar-refractivity contribution >= 4 is 11.6 Å². The van der Waals surface area contributed by atoms with Gasteiger partial charge in [0.2, 0.25) is 0 Å². The highest BCUT2D eigenvalue weighted by Crippen LogP contribution is 2.19. The number of carbonyl (C=O) groups is 1. The van der Waals surface area contributed by atoms with E-state index >= 15 is 0 Å². The number of hydrogen-bond donors (Lipinski definition) is 1. The quantitative estimate of drug-likeness (QED) is 0.870. The first-order chi connectivity index (χ1) is 9.99. The fourth-order valence-electron chi connectivity index (χ4n) is 2.28. The third-order valence-corrected chi connectivity index (χ3v) is 3.52. The van der Waals surface area contributed by atoms with Crippen LogP contribution in [0, 0.1) is 6.92 Å². The standard InChI is InChI=1S/C18H22N2O/c1-13(2)20(12-15-7-5-4-6-8-15)18(21)16-11-14(3)9-10-17(16)19/h4-11,13H,12,19H2,1-3H3. The molecule has 0 radical (unpaired) electrons. The summed E-state index contributed by atoms with van der Waals surface area (Å²) < 4.78 is 0. The molecule has 0 bridgehead atoms. The molecule has 2 aromatic rings. The molecule has 0 aliphatic heterocycles. The number of benzene rings is 2. The minimum absolute atomic E-state index is 0.0185. The molecule has 2 aromatic carbocycles. The molecule has 0 spiro atoms. The molecule has 1 amide bonds. The van der Waals surface area contributed by atoms with E-state index in [0.29, 0.717) is 17.8 Å². The second-order valence-corrected chi connectivity index (χ2v) is 5.60. The van der Waals surface area contributed by atoms with Crippen molar-refractivity contribution in [3.8, 4) is 0 Å². The fourth-order valence-corrected chi connectivity index (χ4v) is 2.28. The number of anilines is 1. The molecule has 0 aromatic heterocycles. The van der Waals surface area contributed by atoms with Crippen LogP contribution in [0.15, 0.2) is 48.5 Å². The molecule has 21 heavy (non-hydrogen) atoms. The van der Waals surface area contributed by atoms with Gasteiger partial charge in [-0.1, -0.05) is 42.0 Å². The molecule has 0 aliphatic rings. The van der Waals surface area contributed by atoms with Crippen LogP contribution in [0.1, 0.15) is 35.3 Å². The summed E-state index contributed by atoms with van der Waals surface area (Å²) in [6, 6.07) is 15.7. The average Bonchev–Trinajstić information content (AvgIpc) is 2.47. The van der Waals surface area contributed by atoms with Crippen LogP contribution >= 0.6 is 0 Å². The number of rotatable bonds is 4. The summed E-state index contributed by atoms with van der Waals surface area (Å²) in [5, 5.41) is 0. The van der Waals surface area contributed by atoms with Crippen LogP contribution in [0.3, 0.4) is 0 Å². The van der Waals surface area contributed by atoms with Gasteiger partial charge in [-0.25, -0.2) is 0 Å². The Kier molecular flexibility index (Phi) is 4.63. The van der Waals surface area contributed by atoms with Gasteiger partial charge < -0.3 is 10.6 Å². The molecule has 3 nitrogen and oxygen atoms in total. The zero-order chi connectivity index (χ0) is 15.4. The van der Waals surface area contributed by atoms with E-state index in [1.807, 2.05) is 68.1 Å². The SMILES string of the molecule is Cc1ccc(N)c(C(=O)N(Cc2ccccc2)C(C)C)c1. The summed E-state index contributed by atoms with van der Waals surface area (Å²) in [4.78, 5) is 14.7. The van der Waals surface area contributed by atoms with Crippen molar-refractivity contribution in [1.82, 2.24) is 4.90 Å². The molecule has 0 fully saturated rings. The second-order valence-electron chi connectivity index (χ2n) is 5.60. The van der Waals surface area contributed by atoms with E-state index in [1.54, 1.807) is 6.07 Å². The van der Waals surface area contributed by atoms with Gasteiger partial charge in [0.1, 0.15) is 0 Å². The minimum atomic E-state index is -0.0185. The number of aryl methyl sites for hydroxylation is 1. The number of nitrogens with two attached hydrogens (primary N) is 1. The summed E-state index contributed by atoms with van der Waals surface area (Å²) in [7, 11) is 0. The lowest BCUT2D eigenvalue weighted by Crippen LogP contribution is -2.36. The molecule has 3 heteroatoms. The molecule has 0 heterocycles. The predicted octanol–water partition coefficient (Wildman–Crippen LogP) is 3.63. The van der Waals surface area contributed by atoms with E-state index in [-0.39, 0.29) is 11.9 Å². The van der Waals surface area contributed by atoms with E-state index < -0.39 is 0 Å². The highest BCUT2D eigenvalue weighted by atomic mass is 16.2. The lowest BCUT2D eigenvalue weighted by atomic mass is 10.1. The maximum absolute atomic E-state index is 12.8. The summed E-state index contributed by atoms with van der Waals surface area (Å²) in [6.07, 6.45) is 0. The topological polar surface area (TPSA) is 46.3 Å². The third-order valence-electron chi connectivity index (χ3n) is 3.52. The molecule has 2 N–H and O–H groups in total. The van der Waals surface area contributed by atoms with Crippen LogP contribution in [0.2, 0.25) is 0 Å². The first kappa shape index (κ1) is 15.1. The normalized spacial score (nSPS) is 10.7. The Balaban J connectivity index is 2.30. The molecule has 2 rings (SSSR count). The van der Waals surface area contributed by atoms with Crippen molar-refractivity contribution in [1.29, 1.82) is 0 Å². The maximum Gasteiger partial charge on any atom is 0.256 e. The lowest BCUT2D eigenvalue weighted by Gasteiger charge is -2.27. The highest BCUT2D eigenvalue weighted by Gasteiger charge is 2.21. The van der Waals surface area contributed by atoms with Gasteiger partial charge in [0.05, 0.1) is 5.56 Å². The van der Waals surface area contributed by atoms with Gasteiger partial charge in [0.15, 0.2) is 0 Å². The Bertz CT molecular complexity index is 620. The molecule has 0 saturated heterocycles. The minimum Gasteiger partial charge on any atom is -0.398 e. The van der Waals surface area contributed by atoms with E-state index in [9.17, 15) is 4.79 Å². The number of nitrogen functional groups attached to an aromatic ring is 1. The summed E-state index contributed by atoms with van der Waals surface area (Å²) in [5.41, 5.74) is 9.24. The van der Waals surface area contributed by atoms with E-state index in [1.165, 1.54) is 0 Å². The van der Waals surface area contributed by atoms with Gasteiger partial charge in [-0.3, -0.25) is 4.79 Å². The number of amides is 1. The zero-order valence-electron chi connectivity index (χ0n) is 12.8. The summed E-state index contributed by atoms with van der Waals surface area (Å²) >= 11 is 0. The van der Waals surface area contributed by atoms with Crippen molar-refractivity contribution in [2.75, 3.05) is 5.73 Å². The van der Waals surface area contributed by atoms with Crippen molar-refractivity contribution in [3.63, 3.8) is 0 Å². The van der Waals surface area contributed by atoms with Gasteiger partial charge in [-0.05, 0) is 38.5 Å². The smallest absolute Gasteiger partial charge is 0.256 e. The second kappa shape index (κ2) is 6.44. The third kappa shape index (κ3) is 3.63. The predicted molar refractivity (Wildman–Crippen MR) is 87.0 cm³/mol. The van der Waals surface area contributed by atoms with Crippen LogP contribution in [0.4, 0.5) is 5.69 Å². The molecule has 110 valence electrons. The van der Waals surface area contributed by atoms with Gasteiger partial charge in [0, 0.05) is 18.3 Å². The molecule has 0 saturated carbocycles. The number of nitrogens with zero attached hydrogens (tertiary/aromatic N) is 1. The van der Waals surface area contributed by atoms with Crippen molar-refractivity contribution < 1.29 is 4.79 Å². The Hall–Kier alpha value is -2.29. The van der Waals surface area contributed by atoms with Gasteiger partial charge in [-0.15, -0.1) is 0 Å². The first-order valence-electron chi connectivity index (χ1n) is 7.20. The Morgan fingerprint density at radius 3 is 2.43 bits per heavy atom. The Morgan fingerprint density at radius 2 is 1.81 bits per heavy atom. The largest absolute Gasteiger partial charge is 0.398 e. The first-order valence-corrected chi connectivity index (χ1v) is 7.20.